The summed E-state index contributed by atoms with van der Waals surface area (Å²) in [6.45, 7) is 2.82. The van der Waals surface area contributed by atoms with Crippen molar-refractivity contribution >= 4 is 45.6 Å². The zero-order valence-electron chi connectivity index (χ0n) is 10.6. The molecular weight excluding hydrogens is 367 g/mol. The van der Waals surface area contributed by atoms with Crippen LogP contribution >= 0.6 is 34.8 Å². The fourth-order valence-corrected chi connectivity index (χ4v) is 2.32. The van der Waals surface area contributed by atoms with Gasteiger partial charge in [0.15, 0.2) is 5.11 Å². The van der Waals surface area contributed by atoms with Crippen LogP contribution in [-0.4, -0.2) is 5.11 Å². The minimum absolute atomic E-state index is 0.643. The molecule has 0 aliphatic heterocycles. The predicted octanol–water partition coefficient (Wildman–Crippen LogP) is 4.09. The molecule has 0 aliphatic carbocycles. The molecular formula is C15H15IN2S. The van der Waals surface area contributed by atoms with Gasteiger partial charge in [-0.1, -0.05) is 42.0 Å². The minimum atomic E-state index is 0.643. The van der Waals surface area contributed by atoms with Gasteiger partial charge < -0.3 is 10.6 Å². The molecule has 0 amide bonds. The first-order chi connectivity index (χ1) is 9.15. The lowest BCUT2D eigenvalue weighted by molar-refractivity contribution is 0.925. The highest BCUT2D eigenvalue weighted by atomic mass is 127. The van der Waals surface area contributed by atoms with E-state index in [0.717, 1.165) is 15.8 Å². The van der Waals surface area contributed by atoms with Crippen molar-refractivity contribution in [3.63, 3.8) is 0 Å². The topological polar surface area (TPSA) is 24.1 Å². The molecule has 0 heterocycles. The Labute approximate surface area is 132 Å². The van der Waals surface area contributed by atoms with Crippen LogP contribution in [0.2, 0.25) is 0 Å². The third kappa shape index (κ3) is 4.47. The van der Waals surface area contributed by atoms with Crippen LogP contribution in [0.3, 0.4) is 0 Å². The van der Waals surface area contributed by atoms with Crippen molar-refractivity contribution in [3.05, 3.63) is 63.2 Å². The Hall–Kier alpha value is -1.14. The lowest BCUT2D eigenvalue weighted by Crippen LogP contribution is -2.28. The number of rotatable bonds is 3. The molecule has 0 spiro atoms. The van der Waals surface area contributed by atoms with Gasteiger partial charge in [-0.2, -0.15) is 0 Å². The van der Waals surface area contributed by atoms with E-state index in [1.165, 1.54) is 11.1 Å². The fraction of sp³-hybridized carbons (Fsp3) is 0.133. The van der Waals surface area contributed by atoms with Crippen LogP contribution in [0.5, 0.6) is 0 Å². The number of thiocarbonyl (C=S) groups is 1. The van der Waals surface area contributed by atoms with E-state index in [0.29, 0.717) is 5.11 Å². The molecule has 4 heteroatoms. The molecule has 0 saturated heterocycles. The first-order valence-electron chi connectivity index (χ1n) is 6.00. The Bertz CT molecular complexity index is 567. The van der Waals surface area contributed by atoms with Crippen molar-refractivity contribution in [2.24, 2.45) is 0 Å². The maximum atomic E-state index is 5.30. The quantitative estimate of drug-likeness (QED) is 0.618. The highest BCUT2D eigenvalue weighted by Gasteiger charge is 2.01. The van der Waals surface area contributed by atoms with E-state index < -0.39 is 0 Å². The standard InChI is InChI=1S/C15H15IN2S/c1-11-6-8-12(9-7-11)10-17-15(19)18-14-5-3-2-4-13(14)16/h2-9H,10H2,1H3,(H2,17,18,19). The normalized spacial score (nSPS) is 10.0. The number of nitrogens with one attached hydrogen (secondary N) is 2. The van der Waals surface area contributed by atoms with Crippen molar-refractivity contribution in [2.75, 3.05) is 5.32 Å². The van der Waals surface area contributed by atoms with E-state index >= 15 is 0 Å². The van der Waals surface area contributed by atoms with E-state index in [9.17, 15) is 0 Å². The van der Waals surface area contributed by atoms with Crippen molar-refractivity contribution in [1.29, 1.82) is 0 Å². The lowest BCUT2D eigenvalue weighted by Gasteiger charge is -2.11. The Balaban J connectivity index is 1.88. The highest BCUT2D eigenvalue weighted by molar-refractivity contribution is 14.1. The predicted molar refractivity (Wildman–Crippen MR) is 93.4 cm³/mol. The van der Waals surface area contributed by atoms with Crippen molar-refractivity contribution in [1.82, 2.24) is 5.32 Å². The highest BCUT2D eigenvalue weighted by Crippen LogP contribution is 2.16. The zero-order valence-corrected chi connectivity index (χ0v) is 13.6. The summed E-state index contributed by atoms with van der Waals surface area (Å²) in [4.78, 5) is 0. The molecule has 0 aromatic heterocycles. The summed E-state index contributed by atoms with van der Waals surface area (Å²) < 4.78 is 1.15. The molecule has 0 saturated carbocycles. The number of hydrogen-bond donors (Lipinski definition) is 2. The summed E-state index contributed by atoms with van der Waals surface area (Å²) in [6, 6.07) is 16.5. The second kappa shape index (κ2) is 6.86. The fourth-order valence-electron chi connectivity index (χ4n) is 1.62. The molecule has 2 N–H and O–H groups in total. The van der Waals surface area contributed by atoms with Gasteiger partial charge >= 0.3 is 0 Å². The van der Waals surface area contributed by atoms with Gasteiger partial charge in [-0.15, -0.1) is 0 Å². The van der Waals surface area contributed by atoms with Crippen LogP contribution in [0.15, 0.2) is 48.5 Å². The summed E-state index contributed by atoms with van der Waals surface area (Å²) in [5, 5.41) is 7.06. The Morgan fingerprint density at radius 1 is 1.11 bits per heavy atom. The molecule has 19 heavy (non-hydrogen) atoms. The molecule has 98 valence electrons. The van der Waals surface area contributed by atoms with Gasteiger partial charge in [-0.05, 0) is 59.4 Å². The van der Waals surface area contributed by atoms with Crippen LogP contribution in [0.25, 0.3) is 0 Å². The number of anilines is 1. The zero-order chi connectivity index (χ0) is 13.7. The van der Waals surface area contributed by atoms with Crippen LogP contribution in [0, 0.1) is 10.5 Å². The second-order valence-electron chi connectivity index (χ2n) is 4.27. The molecule has 2 rings (SSSR count). The molecule has 0 aliphatic rings. The average molecular weight is 382 g/mol. The average Bonchev–Trinajstić information content (AvgIpc) is 2.41. The smallest absolute Gasteiger partial charge is 0.171 e. The first kappa shape index (κ1) is 14.3. The lowest BCUT2D eigenvalue weighted by atomic mass is 10.1. The second-order valence-corrected chi connectivity index (χ2v) is 5.84. The number of benzene rings is 2. The van der Waals surface area contributed by atoms with E-state index in [-0.39, 0.29) is 0 Å². The van der Waals surface area contributed by atoms with Crippen molar-refractivity contribution in [2.45, 2.75) is 13.5 Å². The van der Waals surface area contributed by atoms with E-state index in [1.54, 1.807) is 0 Å². The van der Waals surface area contributed by atoms with Crippen LogP contribution in [0.4, 0.5) is 5.69 Å². The molecule has 2 aromatic carbocycles. The Morgan fingerprint density at radius 2 is 1.79 bits per heavy atom. The van der Waals surface area contributed by atoms with Gasteiger partial charge in [0.1, 0.15) is 0 Å². The van der Waals surface area contributed by atoms with Crippen LogP contribution in [0.1, 0.15) is 11.1 Å². The number of halogens is 1. The van der Waals surface area contributed by atoms with Gasteiger partial charge in [0.25, 0.3) is 0 Å². The maximum absolute atomic E-state index is 5.30. The van der Waals surface area contributed by atoms with E-state index in [4.69, 9.17) is 12.2 Å². The SMILES string of the molecule is Cc1ccc(CNC(=S)Nc2ccccc2I)cc1. The summed E-state index contributed by atoms with van der Waals surface area (Å²) in [5.41, 5.74) is 3.52. The van der Waals surface area contributed by atoms with Crippen molar-refractivity contribution < 1.29 is 0 Å². The number of aryl methyl sites for hydroxylation is 1. The summed E-state index contributed by atoms with van der Waals surface area (Å²) in [7, 11) is 0. The van der Waals surface area contributed by atoms with Gasteiger partial charge in [-0.3, -0.25) is 0 Å². The molecule has 0 unspecified atom stereocenters. The minimum Gasteiger partial charge on any atom is -0.358 e. The molecule has 2 nitrogen and oxygen atoms in total. The molecule has 0 bridgehead atoms. The van der Waals surface area contributed by atoms with E-state index in [2.05, 4.69) is 64.4 Å². The molecule has 0 fully saturated rings. The third-order valence-electron chi connectivity index (χ3n) is 2.70. The third-order valence-corrected chi connectivity index (χ3v) is 3.88. The van der Waals surface area contributed by atoms with Gasteiger partial charge in [0.2, 0.25) is 0 Å². The summed E-state index contributed by atoms with van der Waals surface area (Å²) in [6.07, 6.45) is 0. The molecule has 0 atom stereocenters. The van der Waals surface area contributed by atoms with E-state index in [1.807, 2.05) is 24.3 Å². The summed E-state index contributed by atoms with van der Waals surface area (Å²) in [5.74, 6) is 0. The van der Waals surface area contributed by atoms with Gasteiger partial charge in [0, 0.05) is 10.1 Å². The van der Waals surface area contributed by atoms with Crippen molar-refractivity contribution in [3.8, 4) is 0 Å². The van der Waals surface area contributed by atoms with Crippen LogP contribution < -0.4 is 10.6 Å². The monoisotopic (exact) mass is 382 g/mol. The maximum Gasteiger partial charge on any atom is 0.171 e. The summed E-state index contributed by atoms with van der Waals surface area (Å²) >= 11 is 7.58. The van der Waals surface area contributed by atoms with Gasteiger partial charge in [-0.25, -0.2) is 0 Å². The first-order valence-corrected chi connectivity index (χ1v) is 7.49. The molecule has 0 radical (unpaired) electrons. The Morgan fingerprint density at radius 3 is 2.47 bits per heavy atom. The number of para-hydroxylation sites is 1. The number of hydrogen-bond acceptors (Lipinski definition) is 1. The largest absolute Gasteiger partial charge is 0.358 e. The van der Waals surface area contributed by atoms with Gasteiger partial charge in [0.05, 0.1) is 5.69 Å². The molecule has 2 aromatic rings. The Kier molecular flexibility index (Phi) is 5.15. The van der Waals surface area contributed by atoms with Crippen LogP contribution in [-0.2, 0) is 6.54 Å².